The number of rotatable bonds is 1. The van der Waals surface area contributed by atoms with Crippen LogP contribution in [0.1, 0.15) is 6.92 Å². The first-order valence-corrected chi connectivity index (χ1v) is 3.94. The van der Waals surface area contributed by atoms with E-state index >= 15 is 0 Å². The van der Waals surface area contributed by atoms with Crippen molar-refractivity contribution >= 4 is 11.9 Å². The molecule has 0 aliphatic rings. The van der Waals surface area contributed by atoms with Gasteiger partial charge in [-0.3, -0.25) is 0 Å². The monoisotopic (exact) mass is 280 g/mol. The van der Waals surface area contributed by atoms with Gasteiger partial charge in [0.2, 0.25) is 6.33 Å². The maximum atomic E-state index is 9.10. The Hall–Kier alpha value is -1.37. The van der Waals surface area contributed by atoms with Crippen LogP contribution in [0, 0.1) is 0 Å². The van der Waals surface area contributed by atoms with Crippen LogP contribution in [0.4, 0.5) is 0 Å². The number of aryl methyl sites for hydroxylation is 2. The second-order valence-electron chi connectivity index (χ2n) is 2.52. The molecule has 15 heavy (non-hydrogen) atoms. The van der Waals surface area contributed by atoms with E-state index < -0.39 is 11.9 Å². The van der Waals surface area contributed by atoms with E-state index in [4.69, 9.17) is 19.8 Å². The summed E-state index contributed by atoms with van der Waals surface area (Å²) in [4.78, 5) is 18.2. The van der Waals surface area contributed by atoms with Crippen molar-refractivity contribution in [3.05, 3.63) is 18.7 Å². The molecule has 0 bridgehead atoms. The fourth-order valence-corrected chi connectivity index (χ4v) is 0.689. The molecule has 0 saturated carbocycles. The van der Waals surface area contributed by atoms with Gasteiger partial charge in [-0.15, -0.1) is 0 Å². The third kappa shape index (κ3) is 7.68. The van der Waals surface area contributed by atoms with Crippen LogP contribution >= 0.6 is 0 Å². The van der Waals surface area contributed by atoms with E-state index in [1.54, 1.807) is 0 Å². The molecule has 86 valence electrons. The van der Waals surface area contributed by atoms with Gasteiger partial charge in [-0.25, -0.2) is 18.7 Å². The van der Waals surface area contributed by atoms with Gasteiger partial charge in [0.05, 0.1) is 13.6 Å². The lowest BCUT2D eigenvalue weighted by atomic mass is 10.7. The molecule has 0 radical (unpaired) electrons. The quantitative estimate of drug-likeness (QED) is 0.413. The van der Waals surface area contributed by atoms with Crippen LogP contribution in [-0.4, -0.2) is 26.7 Å². The highest BCUT2D eigenvalue weighted by Gasteiger charge is 2.04. The molecule has 0 atom stereocenters. The molecule has 0 unspecified atom stereocenters. The Morgan fingerprint density at radius 3 is 1.93 bits per heavy atom. The number of aliphatic carboxylic acids is 2. The largest absolute Gasteiger partial charge is 1.00 e. The lowest BCUT2D eigenvalue weighted by molar-refractivity contribution is -0.671. The van der Waals surface area contributed by atoms with Crippen molar-refractivity contribution in [1.82, 2.24) is 4.57 Å². The molecule has 1 rings (SSSR count). The summed E-state index contributed by atoms with van der Waals surface area (Å²) in [6, 6.07) is 0. The Morgan fingerprint density at radius 1 is 1.33 bits per heavy atom. The van der Waals surface area contributed by atoms with Crippen molar-refractivity contribution in [2.75, 3.05) is 0 Å². The molecule has 0 fully saturated rings. The molecule has 1 heterocycles. The molecule has 0 aliphatic heterocycles. The van der Waals surface area contributed by atoms with E-state index in [0.717, 1.165) is 6.54 Å². The topological polar surface area (TPSA) is 83.4 Å². The van der Waals surface area contributed by atoms with Crippen LogP contribution in [0.25, 0.3) is 0 Å². The number of carboxylic acids is 2. The van der Waals surface area contributed by atoms with Gasteiger partial charge in [-0.1, -0.05) is 0 Å². The van der Waals surface area contributed by atoms with E-state index in [2.05, 4.69) is 24.0 Å². The first-order chi connectivity index (χ1) is 6.47. The average molecular weight is 281 g/mol. The number of aromatic nitrogens is 2. The molecule has 0 spiro atoms. The second kappa shape index (κ2) is 7.98. The zero-order valence-corrected chi connectivity index (χ0v) is 10.0. The minimum atomic E-state index is -1.82. The molecule has 0 amide bonds. The normalized spacial score (nSPS) is 8.13. The second-order valence-corrected chi connectivity index (χ2v) is 2.52. The average Bonchev–Trinajstić information content (AvgIpc) is 2.52. The van der Waals surface area contributed by atoms with Gasteiger partial charge < -0.3 is 27.2 Å². The van der Waals surface area contributed by atoms with Crippen LogP contribution in [-0.2, 0) is 23.2 Å². The third-order valence-corrected chi connectivity index (χ3v) is 1.37. The summed E-state index contributed by atoms with van der Waals surface area (Å²) >= 11 is 0. The molecular weight excluding hydrogens is 268 g/mol. The molecule has 1 aromatic heterocycles. The first-order valence-electron chi connectivity index (χ1n) is 3.94. The maximum Gasteiger partial charge on any atom is 0.414 e. The number of nitrogens with zero attached hydrogens (tertiary/aromatic N) is 2. The maximum absolute atomic E-state index is 9.10. The molecule has 6 nitrogen and oxygen atoms in total. The van der Waals surface area contributed by atoms with Gasteiger partial charge >= 0.3 is 11.9 Å². The van der Waals surface area contributed by atoms with Gasteiger partial charge in [0, 0.05) is 0 Å². The van der Waals surface area contributed by atoms with Crippen molar-refractivity contribution in [2.24, 2.45) is 7.05 Å². The van der Waals surface area contributed by atoms with Gasteiger partial charge in [-0.2, -0.15) is 0 Å². The lowest BCUT2D eigenvalue weighted by Crippen LogP contribution is -3.00. The van der Waals surface area contributed by atoms with Gasteiger partial charge in [0.15, 0.2) is 0 Å². The summed E-state index contributed by atoms with van der Waals surface area (Å²) in [5.74, 6) is -3.65. The third-order valence-electron chi connectivity index (χ3n) is 1.37. The Kier molecular flexibility index (Phi) is 8.55. The fourth-order valence-electron chi connectivity index (χ4n) is 0.689. The Balaban J connectivity index is 0. The molecule has 7 heteroatoms. The summed E-state index contributed by atoms with van der Waals surface area (Å²) in [5, 5.41) is 14.8. The van der Waals surface area contributed by atoms with Crippen LogP contribution < -0.4 is 21.5 Å². The van der Waals surface area contributed by atoms with E-state index in [0.29, 0.717) is 0 Å². The number of imidazole rings is 1. The van der Waals surface area contributed by atoms with Crippen LogP contribution in [0.15, 0.2) is 18.7 Å². The zero-order valence-electron chi connectivity index (χ0n) is 8.42. The molecule has 2 N–H and O–H groups in total. The summed E-state index contributed by atoms with van der Waals surface area (Å²) in [6.07, 6.45) is 6.14. The SMILES string of the molecule is CCn1cc[n+](C)c1.O=C(O)C(=O)O.[Br-]. The van der Waals surface area contributed by atoms with Gasteiger partial charge in [-0.05, 0) is 6.92 Å². The first kappa shape index (κ1) is 16.1. The van der Waals surface area contributed by atoms with E-state index in [-0.39, 0.29) is 17.0 Å². The molecule has 1 aromatic rings. The number of carboxylic acid groups (broad SMARTS) is 2. The summed E-state index contributed by atoms with van der Waals surface area (Å²) in [7, 11) is 2.02. The highest BCUT2D eigenvalue weighted by molar-refractivity contribution is 6.27. The predicted molar refractivity (Wildman–Crippen MR) is 46.6 cm³/mol. The minimum absolute atomic E-state index is 0. The van der Waals surface area contributed by atoms with Crippen molar-refractivity contribution in [2.45, 2.75) is 13.5 Å². The van der Waals surface area contributed by atoms with Crippen molar-refractivity contribution in [1.29, 1.82) is 0 Å². The summed E-state index contributed by atoms with van der Waals surface area (Å²) in [5.41, 5.74) is 0. The van der Waals surface area contributed by atoms with Crippen molar-refractivity contribution in [3.63, 3.8) is 0 Å². The highest BCUT2D eigenvalue weighted by Crippen LogP contribution is 1.79. The Bertz CT molecular complexity index is 312. The van der Waals surface area contributed by atoms with Gasteiger partial charge in [0.25, 0.3) is 0 Å². The van der Waals surface area contributed by atoms with Crippen LogP contribution in [0.2, 0.25) is 0 Å². The van der Waals surface area contributed by atoms with Crippen LogP contribution in [0.5, 0.6) is 0 Å². The zero-order chi connectivity index (χ0) is 11.1. The van der Waals surface area contributed by atoms with Crippen LogP contribution in [0.3, 0.4) is 0 Å². The van der Waals surface area contributed by atoms with Crippen molar-refractivity contribution < 1.29 is 41.4 Å². The number of carbonyl (C=O) groups is 2. The fraction of sp³-hybridized carbons (Fsp3) is 0.375. The standard InChI is InChI=1S/C6H11N2.C2H2O4.BrH/c1-3-8-5-4-7(2)6-8;3-1(4)2(5)6;/h4-6H,3H2,1-2H3;(H,3,4)(H,5,6);1H/q+1;;/p-1. The Labute approximate surface area is 97.5 Å². The van der Waals surface area contributed by atoms with Gasteiger partial charge in [0.1, 0.15) is 12.4 Å². The number of hydrogen-bond donors (Lipinski definition) is 2. The Morgan fingerprint density at radius 2 is 1.80 bits per heavy atom. The van der Waals surface area contributed by atoms with E-state index in [1.165, 1.54) is 0 Å². The minimum Gasteiger partial charge on any atom is -1.00 e. The van der Waals surface area contributed by atoms with E-state index in [9.17, 15) is 0 Å². The highest BCUT2D eigenvalue weighted by atomic mass is 79.9. The van der Waals surface area contributed by atoms with E-state index in [1.807, 2.05) is 17.8 Å². The van der Waals surface area contributed by atoms with Crippen molar-refractivity contribution in [3.8, 4) is 0 Å². The number of halogens is 1. The number of hydrogen-bond acceptors (Lipinski definition) is 2. The summed E-state index contributed by atoms with van der Waals surface area (Å²) in [6.45, 7) is 3.18. The smallest absolute Gasteiger partial charge is 0.414 e. The molecule has 0 saturated heterocycles. The molecule has 0 aliphatic carbocycles. The summed E-state index contributed by atoms with van der Waals surface area (Å²) < 4.78 is 4.16. The molecule has 0 aromatic carbocycles. The molecular formula is C8H13BrN2O4. The lowest BCUT2D eigenvalue weighted by Gasteiger charge is -1.81. The predicted octanol–water partition coefficient (Wildman–Crippen LogP) is -3.51.